The summed E-state index contributed by atoms with van der Waals surface area (Å²) in [5.74, 6) is 0.118. The summed E-state index contributed by atoms with van der Waals surface area (Å²) >= 11 is 0. The minimum absolute atomic E-state index is 0.0562. The number of hydrogen-bond acceptors (Lipinski definition) is 6. The van der Waals surface area contributed by atoms with E-state index in [4.69, 9.17) is 0 Å². The number of nitrogens with zero attached hydrogens (tertiary/aromatic N) is 2. The highest BCUT2D eigenvalue weighted by molar-refractivity contribution is 5.85. The number of carbonyl (C=O) groups is 1. The number of hydrogen-bond donors (Lipinski definition) is 2. The van der Waals surface area contributed by atoms with Crippen molar-refractivity contribution in [2.45, 2.75) is 19.6 Å². The molecule has 108 valence electrons. The number of benzene rings is 1. The Morgan fingerprint density at radius 2 is 2.19 bits per heavy atom. The minimum Gasteiger partial charge on any atom is -0.463 e. The Hall–Kier alpha value is -2.47. The monoisotopic (exact) mass is 284 g/mol. The van der Waals surface area contributed by atoms with Gasteiger partial charge in [-0.05, 0) is 22.8 Å². The van der Waals surface area contributed by atoms with Gasteiger partial charge in [0.25, 0.3) is 0 Å². The van der Waals surface area contributed by atoms with Crippen LogP contribution in [-0.2, 0) is 24.4 Å². The van der Waals surface area contributed by atoms with Crippen LogP contribution in [0.3, 0.4) is 0 Å². The first-order chi connectivity index (χ1) is 10.3. The molecule has 3 rings (SSSR count). The van der Waals surface area contributed by atoms with E-state index < -0.39 is 5.97 Å². The maximum atomic E-state index is 11.4. The van der Waals surface area contributed by atoms with Crippen LogP contribution in [0.25, 0.3) is 0 Å². The van der Waals surface area contributed by atoms with Gasteiger partial charge in [-0.25, -0.2) is 14.8 Å². The lowest BCUT2D eigenvalue weighted by Crippen LogP contribution is -2.10. The molecule has 2 aromatic rings. The second-order valence-corrected chi connectivity index (χ2v) is 4.82. The van der Waals surface area contributed by atoms with Crippen molar-refractivity contribution < 1.29 is 9.53 Å². The lowest BCUT2D eigenvalue weighted by atomic mass is 10.1. The maximum absolute atomic E-state index is 11.4. The summed E-state index contributed by atoms with van der Waals surface area (Å²) in [5.41, 5.74) is 3.87. The Balaban J connectivity index is 1.69. The van der Waals surface area contributed by atoms with Gasteiger partial charge >= 0.3 is 5.97 Å². The molecule has 0 atom stereocenters. The molecule has 0 fully saturated rings. The zero-order chi connectivity index (χ0) is 14.7. The van der Waals surface area contributed by atoms with Gasteiger partial charge < -0.3 is 15.4 Å². The SMILES string of the molecule is COC(=O)c1nccc(NCc2ccc3c(c2)CNC3)n1. The number of anilines is 1. The lowest BCUT2D eigenvalue weighted by molar-refractivity contribution is 0.0587. The molecular formula is C15H16N4O2. The minimum atomic E-state index is -0.540. The second kappa shape index (κ2) is 5.88. The van der Waals surface area contributed by atoms with Crippen molar-refractivity contribution >= 4 is 11.8 Å². The largest absolute Gasteiger partial charge is 0.463 e. The van der Waals surface area contributed by atoms with Crippen LogP contribution in [0.15, 0.2) is 30.5 Å². The van der Waals surface area contributed by atoms with Crippen LogP contribution >= 0.6 is 0 Å². The molecule has 0 amide bonds. The fourth-order valence-electron chi connectivity index (χ4n) is 2.30. The smallest absolute Gasteiger partial charge is 0.376 e. The van der Waals surface area contributed by atoms with Crippen LogP contribution in [0.1, 0.15) is 27.3 Å². The number of carbonyl (C=O) groups excluding carboxylic acids is 1. The molecule has 2 N–H and O–H groups in total. The Kier molecular flexibility index (Phi) is 3.79. The average molecular weight is 284 g/mol. The molecule has 1 aromatic carbocycles. The van der Waals surface area contributed by atoms with Crippen molar-refractivity contribution in [3.8, 4) is 0 Å². The first kappa shape index (κ1) is 13.5. The van der Waals surface area contributed by atoms with Gasteiger partial charge in [0.05, 0.1) is 7.11 Å². The van der Waals surface area contributed by atoms with E-state index in [0.717, 1.165) is 13.1 Å². The van der Waals surface area contributed by atoms with E-state index in [0.29, 0.717) is 12.4 Å². The van der Waals surface area contributed by atoms with Crippen LogP contribution < -0.4 is 10.6 Å². The van der Waals surface area contributed by atoms with Crippen molar-refractivity contribution in [3.05, 3.63) is 53.0 Å². The number of aromatic nitrogens is 2. The summed E-state index contributed by atoms with van der Waals surface area (Å²) in [6, 6.07) is 8.15. The van der Waals surface area contributed by atoms with E-state index in [-0.39, 0.29) is 5.82 Å². The highest BCUT2D eigenvalue weighted by Gasteiger charge is 2.11. The second-order valence-electron chi connectivity index (χ2n) is 4.82. The van der Waals surface area contributed by atoms with Gasteiger partial charge in [0.1, 0.15) is 5.82 Å². The molecule has 1 aromatic heterocycles. The lowest BCUT2D eigenvalue weighted by Gasteiger charge is -2.08. The van der Waals surface area contributed by atoms with Crippen LogP contribution in [-0.4, -0.2) is 23.0 Å². The first-order valence-corrected chi connectivity index (χ1v) is 6.73. The molecule has 0 radical (unpaired) electrons. The first-order valence-electron chi connectivity index (χ1n) is 6.73. The normalized spacial score (nSPS) is 12.8. The quantitative estimate of drug-likeness (QED) is 0.828. The van der Waals surface area contributed by atoms with Crippen LogP contribution in [0, 0.1) is 0 Å². The van der Waals surface area contributed by atoms with Gasteiger partial charge in [-0.15, -0.1) is 0 Å². The summed E-state index contributed by atoms with van der Waals surface area (Å²) in [7, 11) is 1.31. The Morgan fingerprint density at radius 3 is 3.05 bits per heavy atom. The Labute approximate surface area is 122 Å². The maximum Gasteiger partial charge on any atom is 0.376 e. The standard InChI is InChI=1S/C15H16N4O2/c1-21-15(20)14-17-5-4-13(19-14)18-7-10-2-3-11-8-16-9-12(11)6-10/h2-6,16H,7-9H2,1H3,(H,17,18,19). The topological polar surface area (TPSA) is 76.1 Å². The molecule has 0 aliphatic carbocycles. The summed E-state index contributed by atoms with van der Waals surface area (Å²) in [5, 5.41) is 6.51. The van der Waals surface area contributed by atoms with Crippen molar-refractivity contribution in [1.82, 2.24) is 15.3 Å². The molecule has 6 nitrogen and oxygen atoms in total. The Bertz CT molecular complexity index is 672. The molecule has 1 aliphatic heterocycles. The van der Waals surface area contributed by atoms with E-state index in [1.165, 1.54) is 30.0 Å². The fraction of sp³-hybridized carbons (Fsp3) is 0.267. The molecule has 21 heavy (non-hydrogen) atoms. The predicted octanol–water partition coefficient (Wildman–Crippen LogP) is 1.48. The molecule has 0 saturated carbocycles. The molecule has 0 bridgehead atoms. The van der Waals surface area contributed by atoms with Gasteiger partial charge in [-0.3, -0.25) is 0 Å². The summed E-state index contributed by atoms with van der Waals surface area (Å²) in [6.45, 7) is 2.51. The van der Waals surface area contributed by atoms with Gasteiger partial charge in [0.15, 0.2) is 0 Å². The van der Waals surface area contributed by atoms with Crippen molar-refractivity contribution in [2.24, 2.45) is 0 Å². The van der Waals surface area contributed by atoms with Gasteiger partial charge in [-0.2, -0.15) is 0 Å². The van der Waals surface area contributed by atoms with Crippen LogP contribution in [0.2, 0.25) is 0 Å². The van der Waals surface area contributed by atoms with E-state index in [9.17, 15) is 4.79 Å². The molecule has 1 aliphatic rings. The summed E-state index contributed by atoms with van der Waals surface area (Å²) in [4.78, 5) is 19.4. The predicted molar refractivity (Wildman–Crippen MR) is 77.7 cm³/mol. The van der Waals surface area contributed by atoms with Gasteiger partial charge in [0, 0.05) is 25.8 Å². The zero-order valence-corrected chi connectivity index (χ0v) is 11.7. The number of esters is 1. The molecule has 2 heterocycles. The number of ether oxygens (including phenoxy) is 1. The Morgan fingerprint density at radius 1 is 1.33 bits per heavy atom. The van der Waals surface area contributed by atoms with Crippen molar-refractivity contribution in [2.75, 3.05) is 12.4 Å². The van der Waals surface area contributed by atoms with E-state index in [2.05, 4.69) is 43.5 Å². The third-order valence-corrected chi connectivity index (χ3v) is 3.40. The van der Waals surface area contributed by atoms with Gasteiger partial charge in [-0.1, -0.05) is 18.2 Å². The zero-order valence-electron chi connectivity index (χ0n) is 11.7. The number of fused-ring (bicyclic) bond motifs is 1. The van der Waals surface area contributed by atoms with E-state index in [1.54, 1.807) is 6.07 Å². The molecule has 0 saturated heterocycles. The fourth-order valence-corrected chi connectivity index (χ4v) is 2.30. The summed E-state index contributed by atoms with van der Waals surface area (Å²) < 4.78 is 4.61. The molecular weight excluding hydrogens is 268 g/mol. The van der Waals surface area contributed by atoms with Crippen LogP contribution in [0.4, 0.5) is 5.82 Å². The summed E-state index contributed by atoms with van der Waals surface area (Å²) in [6.07, 6.45) is 1.54. The van der Waals surface area contributed by atoms with Crippen molar-refractivity contribution in [1.29, 1.82) is 0 Å². The third kappa shape index (κ3) is 3.00. The third-order valence-electron chi connectivity index (χ3n) is 3.40. The molecule has 0 spiro atoms. The number of rotatable bonds is 4. The highest BCUT2D eigenvalue weighted by atomic mass is 16.5. The molecule has 0 unspecified atom stereocenters. The van der Waals surface area contributed by atoms with Gasteiger partial charge in [0.2, 0.25) is 5.82 Å². The number of methoxy groups -OCH3 is 1. The molecule has 6 heteroatoms. The van der Waals surface area contributed by atoms with E-state index >= 15 is 0 Å². The highest BCUT2D eigenvalue weighted by Crippen LogP contribution is 2.17. The van der Waals surface area contributed by atoms with Crippen molar-refractivity contribution in [3.63, 3.8) is 0 Å². The number of nitrogens with one attached hydrogen (secondary N) is 2. The van der Waals surface area contributed by atoms with Crippen LogP contribution in [0.5, 0.6) is 0 Å². The average Bonchev–Trinajstić information content (AvgIpc) is 3.00. The van der Waals surface area contributed by atoms with E-state index in [1.807, 2.05) is 0 Å².